The van der Waals surface area contributed by atoms with Gasteiger partial charge in [-0.25, -0.2) is 0 Å². The van der Waals surface area contributed by atoms with Gasteiger partial charge < -0.3 is 0 Å². The van der Waals surface area contributed by atoms with Crippen molar-refractivity contribution >= 4 is 0 Å². The highest BCUT2D eigenvalue weighted by molar-refractivity contribution is 4.74. The highest BCUT2D eigenvalue weighted by Crippen LogP contribution is 2.36. The molecule has 20 heavy (non-hydrogen) atoms. The van der Waals surface area contributed by atoms with E-state index in [1.807, 2.05) is 0 Å². The van der Waals surface area contributed by atoms with Crippen LogP contribution in [0.1, 0.15) is 105 Å². The maximum absolute atomic E-state index is 2.47. The summed E-state index contributed by atoms with van der Waals surface area (Å²) in [6, 6.07) is 0. The van der Waals surface area contributed by atoms with Gasteiger partial charge >= 0.3 is 0 Å². The third kappa shape index (κ3) is 6.64. The van der Waals surface area contributed by atoms with Gasteiger partial charge in [-0.1, -0.05) is 98.3 Å². The van der Waals surface area contributed by atoms with E-state index in [0.29, 0.717) is 0 Å². The molecule has 0 heterocycles. The average Bonchev–Trinajstić information content (AvgIpc) is 2.41. The zero-order chi connectivity index (χ0) is 13.5. The van der Waals surface area contributed by atoms with Gasteiger partial charge in [-0.2, -0.15) is 0 Å². The topological polar surface area (TPSA) is 0 Å². The van der Waals surface area contributed by atoms with Crippen LogP contribution in [0.5, 0.6) is 0 Å². The van der Waals surface area contributed by atoms with Gasteiger partial charge in [0.1, 0.15) is 0 Å². The molecule has 0 aliphatic heterocycles. The molecule has 0 amide bonds. The number of rotatable bonds is 2. The van der Waals surface area contributed by atoms with Crippen molar-refractivity contribution in [3.05, 3.63) is 0 Å². The second kappa shape index (κ2) is 9.85. The van der Waals surface area contributed by atoms with Crippen LogP contribution in [0.4, 0.5) is 0 Å². The van der Waals surface area contributed by atoms with Crippen LogP contribution in [0, 0.1) is 23.7 Å². The Kier molecular flexibility index (Phi) is 8.89. The molecule has 2 aliphatic carbocycles. The maximum Gasteiger partial charge on any atom is -0.0411 e. The van der Waals surface area contributed by atoms with Gasteiger partial charge in [-0.05, 0) is 30.1 Å². The Bertz CT molecular complexity index is 224. The van der Waals surface area contributed by atoms with Crippen molar-refractivity contribution in [1.29, 1.82) is 0 Å². The lowest BCUT2D eigenvalue weighted by Crippen LogP contribution is -2.16. The van der Waals surface area contributed by atoms with Crippen LogP contribution in [-0.2, 0) is 0 Å². The van der Waals surface area contributed by atoms with Crippen molar-refractivity contribution in [2.24, 2.45) is 23.7 Å². The maximum atomic E-state index is 2.47. The van der Waals surface area contributed by atoms with Crippen LogP contribution >= 0.6 is 0 Å². The molecule has 120 valence electrons. The number of hydrogen-bond donors (Lipinski definition) is 0. The van der Waals surface area contributed by atoms with Gasteiger partial charge in [-0.3, -0.25) is 0 Å². The molecule has 0 aromatic carbocycles. The lowest BCUT2D eigenvalue weighted by atomic mass is 9.76. The molecule has 0 saturated heterocycles. The molecular weight excluding hydrogens is 240 g/mol. The summed E-state index contributed by atoms with van der Waals surface area (Å²) in [4.78, 5) is 0. The van der Waals surface area contributed by atoms with E-state index < -0.39 is 0 Å². The average molecular weight is 281 g/mol. The van der Waals surface area contributed by atoms with Gasteiger partial charge in [0.05, 0.1) is 0 Å². The Balaban J connectivity index is 0.00000200. The molecule has 0 spiro atoms. The first kappa shape index (κ1) is 18.1. The van der Waals surface area contributed by atoms with Crippen LogP contribution in [0.25, 0.3) is 0 Å². The molecule has 2 unspecified atom stereocenters. The second-order valence-corrected chi connectivity index (χ2v) is 7.90. The molecule has 0 N–H and O–H groups in total. The minimum absolute atomic E-state index is 0. The van der Waals surface area contributed by atoms with Gasteiger partial charge in [0.25, 0.3) is 0 Å². The largest absolute Gasteiger partial charge is 0.0776 e. The third-order valence-electron chi connectivity index (χ3n) is 5.92. The molecular formula is C20H40. The molecule has 2 aliphatic rings. The highest BCUT2D eigenvalue weighted by atomic mass is 14.3. The molecule has 2 atom stereocenters. The van der Waals surface area contributed by atoms with E-state index in [1.54, 1.807) is 12.8 Å². The van der Waals surface area contributed by atoms with Gasteiger partial charge in [0, 0.05) is 0 Å². The van der Waals surface area contributed by atoms with Crippen molar-refractivity contribution in [3.63, 3.8) is 0 Å². The number of hydrogen-bond acceptors (Lipinski definition) is 0. The van der Waals surface area contributed by atoms with Crippen molar-refractivity contribution in [1.82, 2.24) is 0 Å². The highest BCUT2D eigenvalue weighted by Gasteiger charge is 2.22. The summed E-state index contributed by atoms with van der Waals surface area (Å²) in [7, 11) is 0. The summed E-state index contributed by atoms with van der Waals surface area (Å²) in [6.07, 6.45) is 19.7. The van der Waals surface area contributed by atoms with Crippen LogP contribution in [0.3, 0.4) is 0 Å². The summed E-state index contributed by atoms with van der Waals surface area (Å²) in [5.41, 5.74) is 0. The van der Waals surface area contributed by atoms with E-state index in [1.165, 1.54) is 70.6 Å². The van der Waals surface area contributed by atoms with Crippen LogP contribution < -0.4 is 0 Å². The van der Waals surface area contributed by atoms with E-state index in [0.717, 1.165) is 23.7 Å². The fourth-order valence-corrected chi connectivity index (χ4v) is 4.42. The molecule has 0 aromatic heterocycles. The van der Waals surface area contributed by atoms with Crippen molar-refractivity contribution in [2.45, 2.75) is 105 Å². The lowest BCUT2D eigenvalue weighted by molar-refractivity contribution is 0.225. The van der Waals surface area contributed by atoms with E-state index in [2.05, 4.69) is 13.8 Å². The smallest absolute Gasteiger partial charge is 0.0411 e. The summed E-state index contributed by atoms with van der Waals surface area (Å²) < 4.78 is 0. The third-order valence-corrected chi connectivity index (χ3v) is 5.92. The quantitative estimate of drug-likeness (QED) is 0.500. The molecule has 0 heteroatoms. The molecule has 0 nitrogen and oxygen atoms in total. The molecule has 0 bridgehead atoms. The Hall–Kier alpha value is 0. The SMILES string of the molecule is C.CC1CCCCCC(CC2CCC(C)CC2)CCC1. The zero-order valence-corrected chi connectivity index (χ0v) is 13.5. The molecule has 0 aromatic rings. The Morgan fingerprint density at radius 2 is 1.05 bits per heavy atom. The van der Waals surface area contributed by atoms with Gasteiger partial charge in [-0.15, -0.1) is 0 Å². The van der Waals surface area contributed by atoms with Crippen LogP contribution in [0.2, 0.25) is 0 Å². The fraction of sp³-hybridized carbons (Fsp3) is 1.00. The first-order valence-corrected chi connectivity index (χ1v) is 9.24. The fourth-order valence-electron chi connectivity index (χ4n) is 4.42. The zero-order valence-electron chi connectivity index (χ0n) is 13.5. The van der Waals surface area contributed by atoms with Crippen LogP contribution in [0.15, 0.2) is 0 Å². The Labute approximate surface area is 129 Å². The minimum atomic E-state index is 0. The van der Waals surface area contributed by atoms with Crippen molar-refractivity contribution < 1.29 is 0 Å². The Morgan fingerprint density at radius 3 is 1.80 bits per heavy atom. The molecule has 0 radical (unpaired) electrons. The van der Waals surface area contributed by atoms with Crippen molar-refractivity contribution in [3.8, 4) is 0 Å². The first-order valence-electron chi connectivity index (χ1n) is 9.24. The summed E-state index contributed by atoms with van der Waals surface area (Å²) in [6.45, 7) is 4.92. The monoisotopic (exact) mass is 280 g/mol. The predicted octanol–water partition coefficient (Wildman–Crippen LogP) is 7.23. The van der Waals surface area contributed by atoms with E-state index in [-0.39, 0.29) is 7.43 Å². The molecule has 2 fully saturated rings. The summed E-state index contributed by atoms with van der Waals surface area (Å²) in [5.74, 6) is 4.17. The Morgan fingerprint density at radius 1 is 0.550 bits per heavy atom. The van der Waals surface area contributed by atoms with Gasteiger partial charge in [0.2, 0.25) is 0 Å². The summed E-state index contributed by atoms with van der Waals surface area (Å²) in [5, 5.41) is 0. The second-order valence-electron chi connectivity index (χ2n) is 7.90. The van der Waals surface area contributed by atoms with E-state index in [4.69, 9.17) is 0 Å². The van der Waals surface area contributed by atoms with Gasteiger partial charge in [0.15, 0.2) is 0 Å². The first-order chi connectivity index (χ1) is 9.24. The molecule has 2 saturated carbocycles. The molecule has 2 rings (SSSR count). The normalized spacial score (nSPS) is 36.9. The van der Waals surface area contributed by atoms with Crippen molar-refractivity contribution in [2.75, 3.05) is 0 Å². The van der Waals surface area contributed by atoms with Crippen LogP contribution in [-0.4, -0.2) is 0 Å². The van der Waals surface area contributed by atoms with E-state index >= 15 is 0 Å². The predicted molar refractivity (Wildman–Crippen MR) is 92.1 cm³/mol. The summed E-state index contributed by atoms with van der Waals surface area (Å²) >= 11 is 0. The van der Waals surface area contributed by atoms with E-state index in [9.17, 15) is 0 Å². The standard InChI is InChI=1S/C19H36.CH4/c1-16-7-4-3-5-9-18(10-6-8-16)15-19-13-11-17(2)12-14-19;/h16-19H,3-15H2,1-2H3;1H4. The minimum Gasteiger partial charge on any atom is -0.0776 e. The lowest BCUT2D eigenvalue weighted by Gasteiger charge is -2.30.